The molecule has 6 heteroatoms. The number of ether oxygens (including phenoxy) is 1. The monoisotopic (exact) mass is 251 g/mol. The third-order valence-electron chi connectivity index (χ3n) is 3.14. The van der Waals surface area contributed by atoms with Gasteiger partial charge in [0.05, 0.1) is 19.3 Å². The van der Waals surface area contributed by atoms with Crippen LogP contribution < -0.4 is 5.56 Å². The van der Waals surface area contributed by atoms with E-state index in [-0.39, 0.29) is 17.5 Å². The molecule has 1 unspecified atom stereocenters. The van der Waals surface area contributed by atoms with Crippen LogP contribution in [0.5, 0.6) is 0 Å². The zero-order chi connectivity index (χ0) is 13.1. The maximum atomic E-state index is 12.3. The first-order chi connectivity index (χ1) is 8.63. The normalized spacial score (nSPS) is 19.9. The highest BCUT2D eigenvalue weighted by Crippen LogP contribution is 2.13. The Morgan fingerprint density at radius 1 is 1.56 bits per heavy atom. The highest BCUT2D eigenvalue weighted by molar-refractivity contribution is 5.92. The van der Waals surface area contributed by atoms with Crippen molar-refractivity contribution in [2.45, 2.75) is 19.4 Å². The Hall–Kier alpha value is -1.69. The van der Waals surface area contributed by atoms with Crippen molar-refractivity contribution in [3.8, 4) is 0 Å². The lowest BCUT2D eigenvalue weighted by molar-refractivity contribution is -0.00322. The minimum atomic E-state index is -0.222. The topological polar surface area (TPSA) is 64.4 Å². The van der Waals surface area contributed by atoms with Gasteiger partial charge in [0, 0.05) is 19.7 Å². The minimum Gasteiger partial charge on any atom is -0.377 e. The highest BCUT2D eigenvalue weighted by atomic mass is 16.5. The summed E-state index contributed by atoms with van der Waals surface area (Å²) in [6.07, 6.45) is 0.845. The van der Waals surface area contributed by atoms with Gasteiger partial charge in [-0.15, -0.1) is 0 Å². The van der Waals surface area contributed by atoms with Gasteiger partial charge in [-0.2, -0.15) is 5.10 Å². The van der Waals surface area contributed by atoms with Crippen molar-refractivity contribution in [3.63, 3.8) is 0 Å². The van der Waals surface area contributed by atoms with Gasteiger partial charge >= 0.3 is 0 Å². The first kappa shape index (κ1) is 12.8. The summed E-state index contributed by atoms with van der Waals surface area (Å²) in [5.41, 5.74) is 0.0815. The molecule has 0 saturated carbocycles. The van der Waals surface area contributed by atoms with Gasteiger partial charge in [0.15, 0.2) is 0 Å². The largest absolute Gasteiger partial charge is 0.377 e. The second kappa shape index (κ2) is 5.30. The molecule has 0 aliphatic carbocycles. The average Bonchev–Trinajstić information content (AvgIpc) is 2.41. The van der Waals surface area contributed by atoms with Crippen LogP contribution in [0.25, 0.3) is 0 Å². The number of morpholine rings is 1. The Morgan fingerprint density at radius 2 is 2.33 bits per heavy atom. The molecule has 2 heterocycles. The predicted octanol–water partition coefficient (Wildman–Crippen LogP) is 0.0313. The second-order valence-electron chi connectivity index (χ2n) is 4.32. The SMILES string of the molecule is CCC1COCCN1C(=O)c1ccc(=O)n(C)n1. The number of rotatable bonds is 2. The second-order valence-corrected chi connectivity index (χ2v) is 4.32. The quantitative estimate of drug-likeness (QED) is 0.744. The molecular weight excluding hydrogens is 234 g/mol. The van der Waals surface area contributed by atoms with Gasteiger partial charge in [0.2, 0.25) is 0 Å². The standard InChI is InChI=1S/C12H17N3O3/c1-3-9-8-18-7-6-15(9)12(17)10-4-5-11(16)14(2)13-10/h4-5,9H,3,6-8H2,1-2H3. The molecule has 18 heavy (non-hydrogen) atoms. The minimum absolute atomic E-state index is 0.0882. The van der Waals surface area contributed by atoms with Crippen molar-refractivity contribution in [2.24, 2.45) is 7.05 Å². The maximum Gasteiger partial charge on any atom is 0.274 e. The van der Waals surface area contributed by atoms with E-state index in [2.05, 4.69) is 5.10 Å². The fraction of sp³-hybridized carbons (Fsp3) is 0.583. The van der Waals surface area contributed by atoms with E-state index in [4.69, 9.17) is 4.74 Å². The van der Waals surface area contributed by atoms with Crippen LogP contribution in [0, 0.1) is 0 Å². The van der Waals surface area contributed by atoms with Gasteiger partial charge in [-0.25, -0.2) is 4.68 Å². The number of amides is 1. The molecule has 6 nitrogen and oxygen atoms in total. The van der Waals surface area contributed by atoms with Crippen LogP contribution in [0.15, 0.2) is 16.9 Å². The predicted molar refractivity (Wildman–Crippen MR) is 65.4 cm³/mol. The van der Waals surface area contributed by atoms with Crippen molar-refractivity contribution >= 4 is 5.91 Å². The van der Waals surface area contributed by atoms with Crippen LogP contribution in [0.3, 0.4) is 0 Å². The van der Waals surface area contributed by atoms with Crippen molar-refractivity contribution < 1.29 is 9.53 Å². The van der Waals surface area contributed by atoms with E-state index in [1.807, 2.05) is 6.92 Å². The van der Waals surface area contributed by atoms with Crippen LogP contribution in [0.1, 0.15) is 23.8 Å². The highest BCUT2D eigenvalue weighted by Gasteiger charge is 2.27. The molecule has 1 saturated heterocycles. The van der Waals surface area contributed by atoms with Crippen LogP contribution in [-0.4, -0.2) is 46.4 Å². The fourth-order valence-corrected chi connectivity index (χ4v) is 2.02. The number of hydrogen-bond acceptors (Lipinski definition) is 4. The molecule has 2 rings (SSSR count). The number of hydrogen-bond donors (Lipinski definition) is 0. The Balaban J connectivity index is 2.23. The molecular formula is C12H17N3O3. The summed E-state index contributed by atoms with van der Waals surface area (Å²) in [6.45, 7) is 3.71. The number of nitrogens with zero attached hydrogens (tertiary/aromatic N) is 3. The molecule has 1 atom stereocenters. The molecule has 0 N–H and O–H groups in total. The lowest BCUT2D eigenvalue weighted by Gasteiger charge is -2.34. The molecule has 1 amide bonds. The first-order valence-electron chi connectivity index (χ1n) is 6.06. The van der Waals surface area contributed by atoms with Gasteiger partial charge in [-0.05, 0) is 12.5 Å². The summed E-state index contributed by atoms with van der Waals surface area (Å²) in [7, 11) is 1.54. The number of aryl methyl sites for hydroxylation is 1. The van der Waals surface area contributed by atoms with E-state index < -0.39 is 0 Å². The maximum absolute atomic E-state index is 12.3. The summed E-state index contributed by atoms with van der Waals surface area (Å²) >= 11 is 0. The van der Waals surface area contributed by atoms with E-state index in [1.54, 1.807) is 4.90 Å². The van der Waals surface area contributed by atoms with Gasteiger partial charge in [0.1, 0.15) is 5.69 Å². The third kappa shape index (κ3) is 2.43. The summed E-state index contributed by atoms with van der Waals surface area (Å²) in [6, 6.07) is 2.93. The molecule has 1 aromatic heterocycles. The summed E-state index contributed by atoms with van der Waals surface area (Å²) in [4.78, 5) is 25.3. The van der Waals surface area contributed by atoms with Crippen LogP contribution in [0.4, 0.5) is 0 Å². The van der Waals surface area contributed by atoms with Crippen molar-refractivity contribution in [1.82, 2.24) is 14.7 Å². The molecule has 0 radical (unpaired) electrons. The van der Waals surface area contributed by atoms with Crippen molar-refractivity contribution in [3.05, 3.63) is 28.2 Å². The number of carbonyl (C=O) groups excluding carboxylic acids is 1. The molecule has 0 aromatic carbocycles. The lowest BCUT2D eigenvalue weighted by Crippen LogP contribution is -2.48. The Bertz CT molecular complexity index is 498. The zero-order valence-corrected chi connectivity index (χ0v) is 10.6. The van der Waals surface area contributed by atoms with E-state index >= 15 is 0 Å². The van der Waals surface area contributed by atoms with E-state index in [1.165, 1.54) is 23.9 Å². The van der Waals surface area contributed by atoms with E-state index in [9.17, 15) is 9.59 Å². The van der Waals surface area contributed by atoms with Crippen LogP contribution in [-0.2, 0) is 11.8 Å². The average molecular weight is 251 g/mol. The zero-order valence-electron chi connectivity index (χ0n) is 10.6. The van der Waals surface area contributed by atoms with Gasteiger partial charge in [-0.3, -0.25) is 9.59 Å². The fourth-order valence-electron chi connectivity index (χ4n) is 2.02. The van der Waals surface area contributed by atoms with Gasteiger partial charge < -0.3 is 9.64 Å². The number of aromatic nitrogens is 2. The van der Waals surface area contributed by atoms with Crippen LogP contribution >= 0.6 is 0 Å². The lowest BCUT2D eigenvalue weighted by atomic mass is 10.1. The van der Waals surface area contributed by atoms with Crippen molar-refractivity contribution in [1.29, 1.82) is 0 Å². The Labute approximate surface area is 105 Å². The molecule has 1 fully saturated rings. The smallest absolute Gasteiger partial charge is 0.274 e. The Morgan fingerprint density at radius 3 is 3.00 bits per heavy atom. The molecule has 1 aromatic rings. The van der Waals surface area contributed by atoms with Gasteiger partial charge in [-0.1, -0.05) is 6.92 Å². The van der Waals surface area contributed by atoms with E-state index in [0.29, 0.717) is 25.5 Å². The van der Waals surface area contributed by atoms with Crippen LogP contribution in [0.2, 0.25) is 0 Å². The molecule has 1 aliphatic rings. The third-order valence-corrected chi connectivity index (χ3v) is 3.14. The first-order valence-corrected chi connectivity index (χ1v) is 6.06. The Kier molecular flexibility index (Phi) is 3.76. The van der Waals surface area contributed by atoms with Gasteiger partial charge in [0.25, 0.3) is 11.5 Å². The summed E-state index contributed by atoms with van der Waals surface area (Å²) in [5.74, 6) is -0.138. The summed E-state index contributed by atoms with van der Waals surface area (Å²) < 4.78 is 6.54. The van der Waals surface area contributed by atoms with E-state index in [0.717, 1.165) is 6.42 Å². The summed E-state index contributed by atoms with van der Waals surface area (Å²) in [5, 5.41) is 3.99. The number of carbonyl (C=O) groups is 1. The molecule has 98 valence electrons. The van der Waals surface area contributed by atoms with Crippen molar-refractivity contribution in [2.75, 3.05) is 19.8 Å². The molecule has 0 bridgehead atoms. The molecule has 1 aliphatic heterocycles. The molecule has 0 spiro atoms.